The number of carbonyl (C=O) groups is 2. The van der Waals surface area contributed by atoms with Crippen molar-refractivity contribution in [2.24, 2.45) is 0 Å². The van der Waals surface area contributed by atoms with E-state index in [1.807, 2.05) is 0 Å². The van der Waals surface area contributed by atoms with Crippen molar-refractivity contribution in [2.45, 2.75) is 13.8 Å². The van der Waals surface area contributed by atoms with Gasteiger partial charge in [-0.05, 0) is 37.0 Å². The van der Waals surface area contributed by atoms with E-state index in [1.165, 1.54) is 30.5 Å². The van der Waals surface area contributed by atoms with E-state index in [9.17, 15) is 19.7 Å². The van der Waals surface area contributed by atoms with E-state index in [2.05, 4.69) is 4.98 Å². The highest BCUT2D eigenvalue weighted by Gasteiger charge is 2.23. The van der Waals surface area contributed by atoms with E-state index in [0.29, 0.717) is 5.56 Å². The van der Waals surface area contributed by atoms with Crippen LogP contribution in [0.3, 0.4) is 0 Å². The molecular weight excluding hydrogens is 316 g/mol. The van der Waals surface area contributed by atoms with Crippen LogP contribution in [-0.2, 0) is 9.47 Å². The van der Waals surface area contributed by atoms with E-state index in [-0.39, 0.29) is 35.7 Å². The van der Waals surface area contributed by atoms with Gasteiger partial charge in [0.25, 0.3) is 0 Å². The Labute approximate surface area is 137 Å². The van der Waals surface area contributed by atoms with Gasteiger partial charge in [0.2, 0.25) is 0 Å². The molecule has 2 rings (SSSR count). The van der Waals surface area contributed by atoms with Gasteiger partial charge >= 0.3 is 17.8 Å². The van der Waals surface area contributed by atoms with Crippen LogP contribution in [0.25, 0.3) is 11.1 Å². The Morgan fingerprint density at radius 2 is 1.75 bits per heavy atom. The molecule has 0 aliphatic heterocycles. The molecule has 0 aliphatic carbocycles. The summed E-state index contributed by atoms with van der Waals surface area (Å²) in [6.07, 6.45) is 1.40. The summed E-state index contributed by atoms with van der Waals surface area (Å²) in [5.74, 6) is -1.50. The standard InChI is InChI=1S/C16H16N2O6/c1-3-23-15(19)10-5-6-11(13(9-10)16(20)24-4-2)12-7-8-17-14(12)18(21)22/h5-9,17H,3-4H2,1-2H3. The second kappa shape index (κ2) is 7.40. The summed E-state index contributed by atoms with van der Waals surface area (Å²) < 4.78 is 9.90. The number of nitrogens with zero attached hydrogens (tertiary/aromatic N) is 1. The largest absolute Gasteiger partial charge is 0.462 e. The van der Waals surface area contributed by atoms with Gasteiger partial charge < -0.3 is 19.6 Å². The van der Waals surface area contributed by atoms with Crippen LogP contribution in [0.5, 0.6) is 0 Å². The van der Waals surface area contributed by atoms with Crippen molar-refractivity contribution in [1.82, 2.24) is 4.98 Å². The monoisotopic (exact) mass is 332 g/mol. The molecule has 1 aromatic heterocycles. The molecule has 0 saturated heterocycles. The average Bonchev–Trinajstić information content (AvgIpc) is 3.04. The number of benzene rings is 1. The fourth-order valence-corrected chi connectivity index (χ4v) is 2.23. The first-order valence-corrected chi connectivity index (χ1v) is 7.30. The summed E-state index contributed by atoms with van der Waals surface area (Å²) >= 11 is 0. The zero-order valence-corrected chi connectivity index (χ0v) is 13.2. The number of rotatable bonds is 6. The number of nitrogens with one attached hydrogen (secondary N) is 1. The quantitative estimate of drug-likeness (QED) is 0.494. The molecule has 0 unspecified atom stereocenters. The van der Waals surface area contributed by atoms with Crippen LogP contribution in [0.2, 0.25) is 0 Å². The third kappa shape index (κ3) is 3.43. The maximum atomic E-state index is 12.2. The van der Waals surface area contributed by atoms with Crippen molar-refractivity contribution >= 4 is 17.8 Å². The molecule has 0 aliphatic rings. The molecule has 0 radical (unpaired) electrons. The maximum Gasteiger partial charge on any atom is 0.338 e. The van der Waals surface area contributed by atoms with Crippen molar-refractivity contribution in [2.75, 3.05) is 13.2 Å². The van der Waals surface area contributed by atoms with Crippen LogP contribution < -0.4 is 0 Å². The molecule has 8 nitrogen and oxygen atoms in total. The van der Waals surface area contributed by atoms with Gasteiger partial charge in [-0.15, -0.1) is 0 Å². The fourth-order valence-electron chi connectivity index (χ4n) is 2.23. The molecule has 0 amide bonds. The zero-order chi connectivity index (χ0) is 17.7. The average molecular weight is 332 g/mol. The first-order chi connectivity index (χ1) is 11.5. The molecule has 1 N–H and O–H groups in total. The maximum absolute atomic E-state index is 12.2. The minimum Gasteiger partial charge on any atom is -0.462 e. The number of hydrogen-bond acceptors (Lipinski definition) is 6. The van der Waals surface area contributed by atoms with Gasteiger partial charge in [0.05, 0.1) is 36.1 Å². The van der Waals surface area contributed by atoms with Crippen LogP contribution in [0.15, 0.2) is 30.5 Å². The normalized spacial score (nSPS) is 10.2. The van der Waals surface area contributed by atoms with Gasteiger partial charge in [-0.2, -0.15) is 0 Å². The predicted molar refractivity (Wildman–Crippen MR) is 84.8 cm³/mol. The lowest BCUT2D eigenvalue weighted by molar-refractivity contribution is -0.388. The molecule has 0 fully saturated rings. The predicted octanol–water partition coefficient (Wildman–Crippen LogP) is 2.94. The highest BCUT2D eigenvalue weighted by Crippen LogP contribution is 2.32. The van der Waals surface area contributed by atoms with E-state index >= 15 is 0 Å². The Hall–Kier alpha value is -3.16. The smallest absolute Gasteiger partial charge is 0.338 e. The highest BCUT2D eigenvalue weighted by atomic mass is 16.6. The van der Waals surface area contributed by atoms with Crippen LogP contribution in [0, 0.1) is 10.1 Å². The summed E-state index contributed by atoms with van der Waals surface area (Å²) in [6.45, 7) is 3.64. The van der Waals surface area contributed by atoms with E-state index in [1.54, 1.807) is 13.8 Å². The summed E-state index contributed by atoms with van der Waals surface area (Å²) in [5, 5.41) is 11.1. The van der Waals surface area contributed by atoms with E-state index in [0.717, 1.165) is 0 Å². The van der Waals surface area contributed by atoms with E-state index < -0.39 is 16.9 Å². The number of aromatic nitrogens is 1. The van der Waals surface area contributed by atoms with Crippen molar-refractivity contribution in [3.8, 4) is 11.1 Å². The van der Waals surface area contributed by atoms with Gasteiger partial charge in [-0.1, -0.05) is 6.07 Å². The molecular formula is C16H16N2O6. The van der Waals surface area contributed by atoms with Crippen LogP contribution in [0.1, 0.15) is 34.6 Å². The Morgan fingerprint density at radius 3 is 2.38 bits per heavy atom. The van der Waals surface area contributed by atoms with Gasteiger partial charge in [-0.25, -0.2) is 14.6 Å². The zero-order valence-electron chi connectivity index (χ0n) is 13.2. The molecule has 0 bridgehead atoms. The van der Waals surface area contributed by atoms with Gasteiger partial charge in [0, 0.05) is 5.56 Å². The third-order valence-corrected chi connectivity index (χ3v) is 3.22. The number of carbonyl (C=O) groups excluding carboxylic acids is 2. The van der Waals surface area contributed by atoms with Gasteiger partial charge in [0.15, 0.2) is 0 Å². The molecule has 2 aromatic rings. The van der Waals surface area contributed by atoms with Crippen molar-refractivity contribution in [1.29, 1.82) is 0 Å². The van der Waals surface area contributed by atoms with Crippen LogP contribution in [0.4, 0.5) is 5.82 Å². The van der Waals surface area contributed by atoms with Crippen LogP contribution >= 0.6 is 0 Å². The molecule has 8 heteroatoms. The minimum absolute atomic E-state index is 0.0603. The van der Waals surface area contributed by atoms with Gasteiger partial charge in [0.1, 0.15) is 0 Å². The molecule has 1 heterocycles. The van der Waals surface area contributed by atoms with Crippen molar-refractivity contribution in [3.05, 3.63) is 51.7 Å². The SMILES string of the molecule is CCOC(=O)c1ccc(-c2cc[nH]c2[N+](=O)[O-])c(C(=O)OCC)c1. The van der Waals surface area contributed by atoms with Crippen LogP contribution in [-0.4, -0.2) is 35.1 Å². The first-order valence-electron chi connectivity index (χ1n) is 7.30. The number of H-pyrrole nitrogens is 1. The summed E-state index contributed by atoms with van der Waals surface area (Å²) in [4.78, 5) is 37.1. The Morgan fingerprint density at radius 1 is 1.08 bits per heavy atom. The lowest BCUT2D eigenvalue weighted by Crippen LogP contribution is -2.10. The lowest BCUT2D eigenvalue weighted by Gasteiger charge is -2.10. The second-order valence-corrected chi connectivity index (χ2v) is 4.70. The molecule has 126 valence electrons. The molecule has 0 saturated carbocycles. The van der Waals surface area contributed by atoms with Crippen molar-refractivity contribution in [3.63, 3.8) is 0 Å². The highest BCUT2D eigenvalue weighted by molar-refractivity contribution is 6.01. The lowest BCUT2D eigenvalue weighted by atomic mass is 9.98. The van der Waals surface area contributed by atoms with Crippen molar-refractivity contribution < 1.29 is 24.0 Å². The molecule has 0 spiro atoms. The molecule has 0 atom stereocenters. The summed E-state index contributed by atoms with van der Waals surface area (Å²) in [6, 6.07) is 5.73. The first kappa shape index (κ1) is 17.2. The summed E-state index contributed by atoms with van der Waals surface area (Å²) in [5.41, 5.74) is 0.764. The Bertz CT molecular complexity index is 781. The summed E-state index contributed by atoms with van der Waals surface area (Å²) in [7, 11) is 0. The Kier molecular flexibility index (Phi) is 5.31. The number of ether oxygens (including phenoxy) is 2. The molecule has 1 aromatic carbocycles. The third-order valence-electron chi connectivity index (χ3n) is 3.22. The molecule has 24 heavy (non-hydrogen) atoms. The fraction of sp³-hybridized carbons (Fsp3) is 0.250. The Balaban J connectivity index is 2.58. The number of aromatic amines is 1. The van der Waals surface area contributed by atoms with E-state index in [4.69, 9.17) is 9.47 Å². The number of hydrogen-bond donors (Lipinski definition) is 1. The minimum atomic E-state index is -0.672. The number of esters is 2. The van der Waals surface area contributed by atoms with Gasteiger partial charge in [-0.3, -0.25) is 0 Å². The topological polar surface area (TPSA) is 112 Å². The number of nitro groups is 1. The second-order valence-electron chi connectivity index (χ2n) is 4.70.